The van der Waals surface area contributed by atoms with Crippen LogP contribution >= 0.6 is 11.3 Å². The van der Waals surface area contributed by atoms with Gasteiger partial charge in [-0.15, -0.1) is 6.42 Å². The maximum atomic E-state index is 12.2. The van der Waals surface area contributed by atoms with E-state index in [9.17, 15) is 4.79 Å². The molecule has 1 aromatic carbocycles. The Hall–Kier alpha value is -2.65. The molecule has 0 aliphatic heterocycles. The molecule has 0 N–H and O–H groups in total. The number of terminal acetylenes is 1. The second kappa shape index (κ2) is 5.62. The number of aryl methyl sites for hydroxylation is 2. The molecule has 0 fully saturated rings. The fraction of sp³-hybridized carbons (Fsp3) is 0.188. The minimum absolute atomic E-state index is 0.323. The molecular weight excluding hydrogens is 296 g/mol. The number of hydrogen-bond donors (Lipinski definition) is 0. The average molecular weight is 310 g/mol. The third-order valence-corrected chi connectivity index (χ3v) is 4.26. The largest absolute Gasteiger partial charge is 0.305 e. The highest BCUT2D eigenvalue weighted by atomic mass is 32.1. The molecule has 0 spiro atoms. The van der Waals surface area contributed by atoms with E-state index in [-0.39, 0.29) is 5.91 Å². The molecule has 0 bridgehead atoms. The number of rotatable bonds is 2. The smallest absolute Gasteiger partial charge is 0.300 e. The lowest BCUT2D eigenvalue weighted by molar-refractivity contribution is 0.0992. The highest BCUT2D eigenvalue weighted by Crippen LogP contribution is 2.18. The van der Waals surface area contributed by atoms with Crippen LogP contribution in [0.25, 0.3) is 10.2 Å². The quantitative estimate of drug-likeness (QED) is 0.681. The Kier molecular flexibility index (Phi) is 3.65. The second-order valence-electron chi connectivity index (χ2n) is 4.94. The Morgan fingerprint density at radius 1 is 1.45 bits per heavy atom. The standard InChI is InChI=1S/C16H14N4OS/c1-4-8-20-13-6-5-11(2)10-14(13)22-16(20)17-15(21)12-7-9-19(3)18-12/h1,5-7,9-10H,8H2,2-3H3. The first kappa shape index (κ1) is 14.3. The molecular formula is C16H14N4OS. The van der Waals surface area contributed by atoms with Crippen LogP contribution < -0.4 is 4.80 Å². The van der Waals surface area contributed by atoms with Crippen molar-refractivity contribution < 1.29 is 4.79 Å². The molecule has 110 valence electrons. The summed E-state index contributed by atoms with van der Waals surface area (Å²) in [5, 5.41) is 4.08. The summed E-state index contributed by atoms with van der Waals surface area (Å²) in [5.41, 5.74) is 2.47. The van der Waals surface area contributed by atoms with Crippen LogP contribution in [0, 0.1) is 19.3 Å². The van der Waals surface area contributed by atoms with Gasteiger partial charge in [-0.1, -0.05) is 23.3 Å². The van der Waals surface area contributed by atoms with Crippen molar-refractivity contribution in [2.24, 2.45) is 12.0 Å². The van der Waals surface area contributed by atoms with Gasteiger partial charge in [-0.25, -0.2) is 0 Å². The minimum Gasteiger partial charge on any atom is -0.305 e. The lowest BCUT2D eigenvalue weighted by Crippen LogP contribution is -2.16. The Balaban J connectivity index is 2.17. The SMILES string of the molecule is C#CCn1c(=NC(=O)c2ccn(C)n2)sc2cc(C)ccc21. The summed E-state index contributed by atoms with van der Waals surface area (Å²) in [6.07, 6.45) is 7.16. The van der Waals surface area contributed by atoms with Crippen LogP contribution in [0.4, 0.5) is 0 Å². The zero-order valence-corrected chi connectivity index (χ0v) is 13.1. The monoisotopic (exact) mass is 310 g/mol. The summed E-state index contributed by atoms with van der Waals surface area (Å²) in [6, 6.07) is 7.74. The van der Waals surface area contributed by atoms with E-state index in [0.717, 1.165) is 15.8 Å². The fourth-order valence-electron chi connectivity index (χ4n) is 2.18. The molecule has 5 nitrogen and oxygen atoms in total. The molecule has 22 heavy (non-hydrogen) atoms. The van der Waals surface area contributed by atoms with Crippen LogP contribution in [-0.2, 0) is 13.6 Å². The Morgan fingerprint density at radius 2 is 2.27 bits per heavy atom. The van der Waals surface area contributed by atoms with Gasteiger partial charge in [-0.3, -0.25) is 9.48 Å². The number of nitrogens with zero attached hydrogens (tertiary/aromatic N) is 4. The lowest BCUT2D eigenvalue weighted by atomic mass is 10.2. The molecule has 3 rings (SSSR count). The molecule has 2 heterocycles. The Labute approximate surface area is 131 Å². The first-order valence-corrected chi connectivity index (χ1v) is 7.52. The second-order valence-corrected chi connectivity index (χ2v) is 5.95. The zero-order valence-electron chi connectivity index (χ0n) is 12.3. The van der Waals surface area contributed by atoms with E-state index in [1.807, 2.05) is 23.6 Å². The van der Waals surface area contributed by atoms with Crippen LogP contribution in [0.3, 0.4) is 0 Å². The Bertz CT molecular complexity index is 968. The lowest BCUT2D eigenvalue weighted by Gasteiger charge is -1.99. The van der Waals surface area contributed by atoms with Gasteiger partial charge in [-0.2, -0.15) is 10.1 Å². The van der Waals surface area contributed by atoms with Gasteiger partial charge in [0.1, 0.15) is 0 Å². The zero-order chi connectivity index (χ0) is 15.7. The van der Waals surface area contributed by atoms with Gasteiger partial charge in [0, 0.05) is 13.2 Å². The van der Waals surface area contributed by atoms with Crippen LogP contribution in [-0.4, -0.2) is 20.3 Å². The number of carbonyl (C=O) groups is 1. The normalized spacial score (nSPS) is 11.8. The molecule has 0 aliphatic carbocycles. The van der Waals surface area contributed by atoms with E-state index in [0.29, 0.717) is 17.0 Å². The van der Waals surface area contributed by atoms with Crippen molar-refractivity contribution in [2.75, 3.05) is 0 Å². The van der Waals surface area contributed by atoms with E-state index < -0.39 is 0 Å². The number of thiazole rings is 1. The van der Waals surface area contributed by atoms with Gasteiger partial charge in [0.05, 0.1) is 16.8 Å². The summed E-state index contributed by atoms with van der Waals surface area (Å²) >= 11 is 1.45. The molecule has 3 aromatic rings. The van der Waals surface area contributed by atoms with E-state index in [1.54, 1.807) is 24.0 Å². The molecule has 0 saturated carbocycles. The molecule has 0 saturated heterocycles. The maximum Gasteiger partial charge on any atom is 0.300 e. The van der Waals surface area contributed by atoms with E-state index in [4.69, 9.17) is 6.42 Å². The van der Waals surface area contributed by atoms with Crippen molar-refractivity contribution in [1.82, 2.24) is 14.3 Å². The van der Waals surface area contributed by atoms with E-state index in [2.05, 4.69) is 22.1 Å². The van der Waals surface area contributed by atoms with Crippen molar-refractivity contribution in [3.8, 4) is 12.3 Å². The van der Waals surface area contributed by atoms with Crippen molar-refractivity contribution in [3.63, 3.8) is 0 Å². The number of amides is 1. The average Bonchev–Trinajstić information content (AvgIpc) is 3.04. The van der Waals surface area contributed by atoms with Crippen LogP contribution in [0.5, 0.6) is 0 Å². The van der Waals surface area contributed by atoms with Gasteiger partial charge in [0.15, 0.2) is 10.5 Å². The van der Waals surface area contributed by atoms with Crippen LogP contribution in [0.2, 0.25) is 0 Å². The first-order chi connectivity index (χ1) is 10.6. The molecule has 0 aliphatic rings. The van der Waals surface area contributed by atoms with Crippen molar-refractivity contribution in [1.29, 1.82) is 0 Å². The van der Waals surface area contributed by atoms with E-state index >= 15 is 0 Å². The number of benzene rings is 1. The van der Waals surface area contributed by atoms with Gasteiger partial charge in [0.2, 0.25) is 0 Å². The number of fused-ring (bicyclic) bond motifs is 1. The van der Waals surface area contributed by atoms with Gasteiger partial charge in [-0.05, 0) is 30.7 Å². The van der Waals surface area contributed by atoms with Gasteiger partial charge >= 0.3 is 0 Å². The van der Waals surface area contributed by atoms with Gasteiger partial charge < -0.3 is 4.57 Å². The molecule has 1 amide bonds. The number of carbonyl (C=O) groups excluding carboxylic acids is 1. The highest BCUT2D eigenvalue weighted by Gasteiger charge is 2.10. The first-order valence-electron chi connectivity index (χ1n) is 6.70. The van der Waals surface area contributed by atoms with E-state index in [1.165, 1.54) is 11.3 Å². The third-order valence-electron chi connectivity index (χ3n) is 3.22. The topological polar surface area (TPSA) is 52.2 Å². The number of aromatic nitrogens is 3. The summed E-state index contributed by atoms with van der Waals surface area (Å²) in [5.74, 6) is 2.25. The fourth-order valence-corrected chi connectivity index (χ4v) is 3.31. The maximum absolute atomic E-state index is 12.2. The van der Waals surface area contributed by atoms with Crippen molar-refractivity contribution in [2.45, 2.75) is 13.5 Å². The van der Waals surface area contributed by atoms with Crippen LogP contribution in [0.1, 0.15) is 16.1 Å². The summed E-state index contributed by atoms with van der Waals surface area (Å²) in [7, 11) is 1.76. The predicted molar refractivity (Wildman–Crippen MR) is 86.5 cm³/mol. The molecule has 0 unspecified atom stereocenters. The predicted octanol–water partition coefficient (Wildman–Crippen LogP) is 2.12. The number of hydrogen-bond acceptors (Lipinski definition) is 3. The molecule has 0 atom stereocenters. The third kappa shape index (κ3) is 2.59. The summed E-state index contributed by atoms with van der Waals surface area (Å²) in [6.45, 7) is 2.40. The van der Waals surface area contributed by atoms with Crippen molar-refractivity contribution >= 4 is 27.5 Å². The summed E-state index contributed by atoms with van der Waals surface area (Å²) < 4.78 is 4.51. The molecule has 6 heteroatoms. The van der Waals surface area contributed by atoms with Gasteiger partial charge in [0.25, 0.3) is 5.91 Å². The molecule has 0 radical (unpaired) electrons. The summed E-state index contributed by atoms with van der Waals surface area (Å²) in [4.78, 5) is 17.0. The molecule has 2 aromatic heterocycles. The minimum atomic E-state index is -0.366. The highest BCUT2D eigenvalue weighted by molar-refractivity contribution is 7.16. The van der Waals surface area contributed by atoms with Crippen LogP contribution in [0.15, 0.2) is 35.5 Å². The van der Waals surface area contributed by atoms with Crippen molar-refractivity contribution in [3.05, 3.63) is 46.5 Å². The Morgan fingerprint density at radius 3 is 2.95 bits per heavy atom.